The molecule has 136 valence electrons. The molecule has 0 aromatic carbocycles. The van der Waals surface area contributed by atoms with Crippen molar-refractivity contribution in [3.63, 3.8) is 0 Å². The van der Waals surface area contributed by atoms with Crippen LogP contribution in [-0.2, 0) is 6.54 Å². The summed E-state index contributed by atoms with van der Waals surface area (Å²) in [7, 11) is 0. The van der Waals surface area contributed by atoms with Gasteiger partial charge in [-0.15, -0.1) is 0 Å². The smallest absolute Gasteiger partial charge is 0.213 e. The summed E-state index contributed by atoms with van der Waals surface area (Å²) in [4.78, 5) is 13.7. The van der Waals surface area contributed by atoms with E-state index >= 15 is 0 Å². The van der Waals surface area contributed by atoms with Gasteiger partial charge in [0.1, 0.15) is 12.0 Å². The van der Waals surface area contributed by atoms with Crippen molar-refractivity contribution in [1.82, 2.24) is 19.4 Å². The number of nitrogens with two attached hydrogens (primary N) is 1. The summed E-state index contributed by atoms with van der Waals surface area (Å²) in [6.07, 6.45) is 5.81. The first-order valence-electron chi connectivity index (χ1n) is 8.19. The molecule has 2 aromatic heterocycles. The number of hydrogen-bond acceptors (Lipinski definition) is 5. The molecule has 7 nitrogen and oxygen atoms in total. The number of alkyl halides is 1. The van der Waals surface area contributed by atoms with Crippen molar-refractivity contribution in [1.29, 1.82) is 0 Å². The first kappa shape index (κ1) is 17.7. The lowest BCUT2D eigenvalue weighted by atomic mass is 10.1. The van der Waals surface area contributed by atoms with E-state index in [-0.39, 0.29) is 0 Å². The lowest BCUT2D eigenvalue weighted by molar-refractivity contribution is 0.255. The summed E-state index contributed by atoms with van der Waals surface area (Å²) >= 11 is 0. The molecule has 0 unspecified atom stereocenters. The molecular weight excluding hydrogens is 340 g/mol. The Morgan fingerprint density at radius 2 is 2.23 bits per heavy atom. The number of rotatable bonds is 6. The van der Waals surface area contributed by atoms with Crippen LogP contribution in [0.1, 0.15) is 19.8 Å². The molecule has 1 atom stereocenters. The predicted octanol–water partition coefficient (Wildman–Crippen LogP) is 2.68. The Hall–Kier alpha value is -3.10. The number of imidazole rings is 1. The third-order valence-electron chi connectivity index (χ3n) is 3.97. The highest BCUT2D eigenvalue weighted by molar-refractivity contribution is 5.78. The van der Waals surface area contributed by atoms with Crippen molar-refractivity contribution in [3.8, 4) is 11.5 Å². The molecule has 0 spiro atoms. The fourth-order valence-corrected chi connectivity index (χ4v) is 2.80. The Balaban J connectivity index is 1.93. The highest BCUT2D eigenvalue weighted by Gasteiger charge is 2.26. The fraction of sp³-hybridized carbons (Fsp3) is 0.294. The second kappa shape index (κ2) is 7.85. The van der Waals surface area contributed by atoms with Crippen LogP contribution in [0.15, 0.2) is 52.0 Å². The van der Waals surface area contributed by atoms with Crippen LogP contribution in [0.25, 0.3) is 11.5 Å². The van der Waals surface area contributed by atoms with Crippen LogP contribution >= 0.6 is 0 Å². The number of pyridine rings is 1. The van der Waals surface area contributed by atoms with E-state index in [4.69, 9.17) is 5.84 Å². The Labute approximate surface area is 149 Å². The van der Waals surface area contributed by atoms with E-state index in [2.05, 4.69) is 20.1 Å². The number of hydrogen-bond donors (Lipinski definition) is 1. The molecule has 0 radical (unpaired) electrons. The van der Waals surface area contributed by atoms with Crippen molar-refractivity contribution >= 4 is 12.7 Å². The Bertz CT molecular complexity index is 856. The molecule has 3 heterocycles. The standard InChI is InChI=1S/C17H19F2N7/c1-2-4-12-14(22-10-26(11-23-20)16(12)19)9-25-8-7-21-17(25)13-5-3-6-15(18)24-13/h3,5-8,10-11,16H,2,4,9,20H2,1H3/b23-11-/t16-/m0/s1. The van der Waals surface area contributed by atoms with E-state index in [1.54, 1.807) is 29.1 Å². The third kappa shape index (κ3) is 3.61. The minimum absolute atomic E-state index is 0.299. The van der Waals surface area contributed by atoms with Crippen LogP contribution in [0.2, 0.25) is 0 Å². The first-order valence-corrected chi connectivity index (χ1v) is 8.19. The van der Waals surface area contributed by atoms with Crippen LogP contribution in [0, 0.1) is 5.95 Å². The van der Waals surface area contributed by atoms with Gasteiger partial charge in [-0.2, -0.15) is 9.49 Å². The zero-order valence-electron chi connectivity index (χ0n) is 14.3. The maximum absolute atomic E-state index is 14.8. The molecule has 0 saturated carbocycles. The first-order chi connectivity index (χ1) is 12.6. The quantitative estimate of drug-likeness (QED) is 0.215. The van der Waals surface area contributed by atoms with Crippen LogP contribution < -0.4 is 5.84 Å². The Morgan fingerprint density at radius 3 is 2.96 bits per heavy atom. The fourth-order valence-electron chi connectivity index (χ4n) is 2.80. The molecule has 0 saturated heterocycles. The minimum atomic E-state index is -1.38. The second-order valence-electron chi connectivity index (χ2n) is 5.74. The Kier molecular flexibility index (Phi) is 5.35. The van der Waals surface area contributed by atoms with Gasteiger partial charge >= 0.3 is 0 Å². The zero-order valence-corrected chi connectivity index (χ0v) is 14.3. The van der Waals surface area contributed by atoms with E-state index in [9.17, 15) is 8.78 Å². The number of nitrogens with zero attached hydrogens (tertiary/aromatic N) is 6. The maximum Gasteiger partial charge on any atom is 0.213 e. The lowest BCUT2D eigenvalue weighted by Gasteiger charge is -2.27. The van der Waals surface area contributed by atoms with Crippen LogP contribution in [0.4, 0.5) is 8.78 Å². The van der Waals surface area contributed by atoms with Gasteiger partial charge in [0.05, 0.1) is 18.6 Å². The maximum atomic E-state index is 14.8. The molecule has 3 rings (SSSR count). The Morgan fingerprint density at radius 1 is 1.38 bits per heavy atom. The number of halogens is 2. The highest BCUT2D eigenvalue weighted by Crippen LogP contribution is 2.27. The average Bonchev–Trinajstić information content (AvgIpc) is 3.09. The van der Waals surface area contributed by atoms with Gasteiger partial charge in [-0.3, -0.25) is 4.90 Å². The van der Waals surface area contributed by atoms with Crippen molar-refractivity contribution in [2.75, 3.05) is 0 Å². The molecule has 0 bridgehead atoms. The largest absolute Gasteiger partial charge is 0.324 e. The number of aromatic nitrogens is 3. The van der Waals surface area contributed by atoms with E-state index in [1.165, 1.54) is 23.6 Å². The average molecular weight is 359 g/mol. The molecular formula is C17H19F2N7. The molecule has 0 amide bonds. The molecule has 2 N–H and O–H groups in total. The third-order valence-corrected chi connectivity index (χ3v) is 3.97. The summed E-state index contributed by atoms with van der Waals surface area (Å²) in [5.74, 6) is 5.02. The molecule has 1 aliphatic rings. The van der Waals surface area contributed by atoms with E-state index < -0.39 is 12.2 Å². The monoisotopic (exact) mass is 359 g/mol. The number of aliphatic imine (C=N–C) groups is 1. The number of hydrazone groups is 1. The molecule has 0 aliphatic carbocycles. The SMILES string of the molecule is CCCC1=C(Cn2ccnc2-c2cccc(F)n2)N=CN(/C=N\N)[C@@H]1F. The van der Waals surface area contributed by atoms with E-state index in [1.807, 2.05) is 6.92 Å². The topological polar surface area (TPSA) is 84.7 Å². The zero-order chi connectivity index (χ0) is 18.5. The molecule has 0 fully saturated rings. The summed E-state index contributed by atoms with van der Waals surface area (Å²) < 4.78 is 30.0. The van der Waals surface area contributed by atoms with Crippen LogP contribution in [0.3, 0.4) is 0 Å². The van der Waals surface area contributed by atoms with Crippen molar-refractivity contribution in [3.05, 3.63) is 47.8 Å². The summed E-state index contributed by atoms with van der Waals surface area (Å²) in [6, 6.07) is 4.51. The normalized spacial score (nSPS) is 17.5. The molecule has 1 aliphatic heterocycles. The summed E-state index contributed by atoms with van der Waals surface area (Å²) in [6.45, 7) is 2.27. The molecule has 9 heteroatoms. The van der Waals surface area contributed by atoms with Gasteiger partial charge in [0.25, 0.3) is 0 Å². The number of allylic oxidation sites excluding steroid dienone is 1. The van der Waals surface area contributed by atoms with Crippen molar-refractivity contribution in [2.24, 2.45) is 15.9 Å². The summed E-state index contributed by atoms with van der Waals surface area (Å²) in [5.41, 5.74) is 1.56. The van der Waals surface area contributed by atoms with Gasteiger partial charge in [0.2, 0.25) is 12.2 Å². The van der Waals surface area contributed by atoms with E-state index in [0.717, 1.165) is 6.42 Å². The van der Waals surface area contributed by atoms with Gasteiger partial charge < -0.3 is 10.4 Å². The molecule has 2 aromatic rings. The van der Waals surface area contributed by atoms with Gasteiger partial charge in [-0.05, 0) is 18.6 Å². The lowest BCUT2D eigenvalue weighted by Crippen LogP contribution is -2.35. The highest BCUT2D eigenvalue weighted by atomic mass is 19.1. The summed E-state index contributed by atoms with van der Waals surface area (Å²) in [5, 5.41) is 3.36. The van der Waals surface area contributed by atoms with Crippen molar-refractivity contribution < 1.29 is 8.78 Å². The van der Waals surface area contributed by atoms with Crippen LogP contribution in [0.5, 0.6) is 0 Å². The second-order valence-corrected chi connectivity index (χ2v) is 5.74. The van der Waals surface area contributed by atoms with E-state index in [0.29, 0.717) is 35.8 Å². The van der Waals surface area contributed by atoms with Gasteiger partial charge in [-0.25, -0.2) is 19.4 Å². The molecule has 26 heavy (non-hydrogen) atoms. The van der Waals surface area contributed by atoms with Crippen molar-refractivity contribution in [2.45, 2.75) is 32.6 Å². The van der Waals surface area contributed by atoms with Gasteiger partial charge in [0.15, 0.2) is 5.82 Å². The van der Waals surface area contributed by atoms with Gasteiger partial charge in [0, 0.05) is 18.0 Å². The minimum Gasteiger partial charge on any atom is -0.324 e. The van der Waals surface area contributed by atoms with Gasteiger partial charge in [-0.1, -0.05) is 19.4 Å². The predicted molar refractivity (Wildman–Crippen MR) is 95.3 cm³/mol. The van der Waals surface area contributed by atoms with Crippen LogP contribution in [-0.4, -0.2) is 38.4 Å².